The fraction of sp³-hybridized carbons (Fsp3) is 0.593. The van der Waals surface area contributed by atoms with Crippen LogP contribution in [0.15, 0.2) is 30.0 Å². The van der Waals surface area contributed by atoms with Gasteiger partial charge in [-0.05, 0) is 45.7 Å². The SMILES string of the molecule is COc1ccc(CN2CC(OC(=O)C3CCCCC3)CC=C(NC(=O)OC(C)(C)C)C2=O)c(OC)c1. The van der Waals surface area contributed by atoms with Gasteiger partial charge in [0.2, 0.25) is 0 Å². The largest absolute Gasteiger partial charge is 0.497 e. The zero-order chi connectivity index (χ0) is 26.3. The highest BCUT2D eigenvalue weighted by atomic mass is 16.6. The van der Waals surface area contributed by atoms with E-state index in [1.165, 1.54) is 0 Å². The van der Waals surface area contributed by atoms with Gasteiger partial charge in [-0.25, -0.2) is 4.79 Å². The van der Waals surface area contributed by atoms with Crippen LogP contribution in [-0.2, 0) is 25.6 Å². The van der Waals surface area contributed by atoms with E-state index in [1.807, 2.05) is 6.07 Å². The average Bonchev–Trinajstić information content (AvgIpc) is 2.97. The van der Waals surface area contributed by atoms with Gasteiger partial charge in [0.1, 0.15) is 28.9 Å². The molecule has 198 valence electrons. The number of carbonyl (C=O) groups is 3. The van der Waals surface area contributed by atoms with Crippen LogP contribution in [0.2, 0.25) is 0 Å². The minimum absolute atomic E-state index is 0.0907. The topological polar surface area (TPSA) is 103 Å². The molecular formula is C27H38N2O7. The third-order valence-electron chi connectivity index (χ3n) is 6.24. The first-order chi connectivity index (χ1) is 17.1. The molecule has 1 fully saturated rings. The molecule has 0 saturated heterocycles. The fourth-order valence-electron chi connectivity index (χ4n) is 4.44. The highest BCUT2D eigenvalue weighted by Crippen LogP contribution is 2.29. The van der Waals surface area contributed by atoms with Gasteiger partial charge in [-0.1, -0.05) is 25.3 Å². The third-order valence-corrected chi connectivity index (χ3v) is 6.24. The Labute approximate surface area is 213 Å². The third kappa shape index (κ3) is 7.63. The van der Waals surface area contributed by atoms with Crippen molar-refractivity contribution in [3.05, 3.63) is 35.5 Å². The molecule has 2 aliphatic rings. The van der Waals surface area contributed by atoms with Crippen molar-refractivity contribution in [3.63, 3.8) is 0 Å². The first-order valence-corrected chi connectivity index (χ1v) is 12.5. The summed E-state index contributed by atoms with van der Waals surface area (Å²) in [6.07, 6.45) is 5.50. The molecule has 1 aliphatic carbocycles. The van der Waals surface area contributed by atoms with Gasteiger partial charge in [0, 0.05) is 24.6 Å². The van der Waals surface area contributed by atoms with E-state index in [1.54, 1.807) is 58.1 Å². The van der Waals surface area contributed by atoms with Crippen molar-refractivity contribution in [2.75, 3.05) is 20.8 Å². The van der Waals surface area contributed by atoms with Crippen LogP contribution in [0.1, 0.15) is 64.9 Å². The van der Waals surface area contributed by atoms with E-state index >= 15 is 0 Å². The Kier molecular flexibility index (Phi) is 9.23. The zero-order valence-corrected chi connectivity index (χ0v) is 21.9. The van der Waals surface area contributed by atoms with E-state index in [4.69, 9.17) is 18.9 Å². The van der Waals surface area contributed by atoms with Crippen LogP contribution in [-0.4, -0.2) is 55.3 Å². The Bertz CT molecular complexity index is 977. The number of nitrogens with one attached hydrogen (secondary N) is 1. The maximum Gasteiger partial charge on any atom is 0.412 e. The number of amides is 2. The molecule has 3 rings (SSSR count). The summed E-state index contributed by atoms with van der Waals surface area (Å²) in [7, 11) is 3.12. The molecule has 1 aromatic rings. The molecule has 0 spiro atoms. The van der Waals surface area contributed by atoms with Crippen LogP contribution in [0.5, 0.6) is 11.5 Å². The number of carbonyl (C=O) groups excluding carboxylic acids is 3. The van der Waals surface area contributed by atoms with Crippen molar-refractivity contribution in [2.24, 2.45) is 5.92 Å². The summed E-state index contributed by atoms with van der Waals surface area (Å²) in [5, 5.41) is 2.58. The Morgan fingerprint density at radius 1 is 1.08 bits per heavy atom. The number of methoxy groups -OCH3 is 2. The molecule has 1 saturated carbocycles. The summed E-state index contributed by atoms with van der Waals surface area (Å²) in [4.78, 5) is 40.3. The van der Waals surface area contributed by atoms with E-state index in [-0.39, 0.29) is 30.7 Å². The number of nitrogens with zero attached hydrogens (tertiary/aromatic N) is 1. The molecule has 1 aliphatic heterocycles. The van der Waals surface area contributed by atoms with Crippen LogP contribution in [0.3, 0.4) is 0 Å². The van der Waals surface area contributed by atoms with E-state index < -0.39 is 23.7 Å². The van der Waals surface area contributed by atoms with Crippen molar-refractivity contribution in [2.45, 2.75) is 77.5 Å². The van der Waals surface area contributed by atoms with Gasteiger partial charge < -0.3 is 23.8 Å². The monoisotopic (exact) mass is 502 g/mol. The number of rotatable bonds is 7. The van der Waals surface area contributed by atoms with Crippen molar-refractivity contribution >= 4 is 18.0 Å². The van der Waals surface area contributed by atoms with Crippen molar-refractivity contribution in [1.82, 2.24) is 10.2 Å². The lowest BCUT2D eigenvalue weighted by atomic mass is 9.89. The summed E-state index contributed by atoms with van der Waals surface area (Å²) < 4.78 is 22.0. The number of alkyl carbamates (subject to hydrolysis) is 1. The smallest absolute Gasteiger partial charge is 0.412 e. The number of ether oxygens (including phenoxy) is 4. The van der Waals surface area contributed by atoms with Crippen LogP contribution in [0, 0.1) is 5.92 Å². The standard InChI is InChI=1S/C27H38N2O7/c1-27(2,3)36-26(32)28-22-14-13-21(35-25(31)18-9-7-6-8-10-18)17-29(24(22)30)16-19-11-12-20(33-4)15-23(19)34-5/h11-12,14-15,18,21H,6-10,13,16-17H2,1-5H3,(H,28,32). The van der Waals surface area contributed by atoms with E-state index in [2.05, 4.69) is 5.32 Å². The molecule has 9 heteroatoms. The summed E-state index contributed by atoms with van der Waals surface area (Å²) in [5.41, 5.74) is 0.127. The number of benzene rings is 1. The maximum absolute atomic E-state index is 13.5. The lowest BCUT2D eigenvalue weighted by Gasteiger charge is -2.28. The molecule has 2 amide bonds. The maximum atomic E-state index is 13.5. The minimum Gasteiger partial charge on any atom is -0.497 e. The molecule has 1 aromatic carbocycles. The van der Waals surface area contributed by atoms with Crippen molar-refractivity contribution in [3.8, 4) is 11.5 Å². The summed E-state index contributed by atoms with van der Waals surface area (Å²) >= 11 is 0. The minimum atomic E-state index is -0.721. The van der Waals surface area contributed by atoms with Crippen LogP contribution >= 0.6 is 0 Å². The lowest BCUT2D eigenvalue weighted by molar-refractivity contribution is -0.157. The second kappa shape index (κ2) is 12.1. The van der Waals surface area contributed by atoms with Gasteiger partial charge in [0.15, 0.2) is 0 Å². The molecular weight excluding hydrogens is 464 g/mol. The highest BCUT2D eigenvalue weighted by Gasteiger charge is 2.32. The lowest BCUT2D eigenvalue weighted by Crippen LogP contribution is -2.42. The molecule has 9 nitrogen and oxygen atoms in total. The second-order valence-corrected chi connectivity index (χ2v) is 10.2. The van der Waals surface area contributed by atoms with Gasteiger partial charge in [-0.3, -0.25) is 14.9 Å². The predicted molar refractivity (Wildman–Crippen MR) is 133 cm³/mol. The van der Waals surface area contributed by atoms with Crippen molar-refractivity contribution in [1.29, 1.82) is 0 Å². The van der Waals surface area contributed by atoms with Crippen molar-refractivity contribution < 1.29 is 33.3 Å². The van der Waals surface area contributed by atoms with Crippen LogP contribution < -0.4 is 14.8 Å². The molecule has 1 atom stereocenters. The number of esters is 1. The Balaban J connectivity index is 1.82. The Hall–Kier alpha value is -3.23. The quantitative estimate of drug-likeness (QED) is 0.553. The molecule has 36 heavy (non-hydrogen) atoms. The second-order valence-electron chi connectivity index (χ2n) is 10.2. The summed E-state index contributed by atoms with van der Waals surface area (Å²) in [6.45, 7) is 5.62. The predicted octanol–water partition coefficient (Wildman–Crippen LogP) is 4.34. The molecule has 1 N–H and O–H groups in total. The first-order valence-electron chi connectivity index (χ1n) is 12.5. The van der Waals surface area contributed by atoms with Gasteiger partial charge in [0.25, 0.3) is 5.91 Å². The Morgan fingerprint density at radius 2 is 1.81 bits per heavy atom. The molecule has 0 bridgehead atoms. The fourth-order valence-corrected chi connectivity index (χ4v) is 4.44. The van der Waals surface area contributed by atoms with E-state index in [0.29, 0.717) is 17.9 Å². The van der Waals surface area contributed by atoms with Crippen LogP contribution in [0.4, 0.5) is 4.79 Å². The zero-order valence-electron chi connectivity index (χ0n) is 21.9. The van der Waals surface area contributed by atoms with E-state index in [0.717, 1.165) is 37.7 Å². The van der Waals surface area contributed by atoms with Gasteiger partial charge in [-0.15, -0.1) is 0 Å². The average molecular weight is 503 g/mol. The number of hydrogen-bond donors (Lipinski definition) is 1. The van der Waals surface area contributed by atoms with Gasteiger partial charge in [-0.2, -0.15) is 0 Å². The van der Waals surface area contributed by atoms with Gasteiger partial charge in [0.05, 0.1) is 26.7 Å². The van der Waals surface area contributed by atoms with Gasteiger partial charge >= 0.3 is 12.1 Å². The summed E-state index contributed by atoms with van der Waals surface area (Å²) in [6, 6.07) is 5.36. The van der Waals surface area contributed by atoms with Crippen LogP contribution in [0.25, 0.3) is 0 Å². The normalized spacial score (nSPS) is 19.1. The highest BCUT2D eigenvalue weighted by molar-refractivity contribution is 5.96. The molecule has 0 radical (unpaired) electrons. The summed E-state index contributed by atoms with van der Waals surface area (Å²) in [5.74, 6) is 0.481. The van der Waals surface area contributed by atoms with E-state index in [9.17, 15) is 14.4 Å². The molecule has 0 aromatic heterocycles. The number of hydrogen-bond acceptors (Lipinski definition) is 7. The Morgan fingerprint density at radius 3 is 2.44 bits per heavy atom. The molecule has 1 unspecified atom stereocenters. The first kappa shape index (κ1) is 27.4. The molecule has 1 heterocycles.